The molecule has 1 aliphatic carbocycles. The summed E-state index contributed by atoms with van der Waals surface area (Å²) in [7, 11) is 1.98. The summed E-state index contributed by atoms with van der Waals surface area (Å²) in [6, 6.07) is 2.86. The lowest BCUT2D eigenvalue weighted by molar-refractivity contribution is 0.557. The van der Waals surface area contributed by atoms with Crippen LogP contribution in [0.1, 0.15) is 40.3 Å². The van der Waals surface area contributed by atoms with Gasteiger partial charge in [-0.05, 0) is 49.4 Å². The van der Waals surface area contributed by atoms with Gasteiger partial charge in [-0.15, -0.1) is 11.3 Å². The standard InChI is InChI=1S/C15H21N3S/c1-3-16-13(7-11-9-17-18(2)10-11)15-8-12-5-4-6-14(12)19-15/h8-10,13,16H,3-7H2,1-2H3. The molecule has 3 nitrogen and oxygen atoms in total. The molecule has 1 unspecified atom stereocenters. The van der Waals surface area contributed by atoms with Gasteiger partial charge in [0.25, 0.3) is 0 Å². The van der Waals surface area contributed by atoms with Gasteiger partial charge in [-0.25, -0.2) is 0 Å². The average Bonchev–Trinajstić information content (AvgIpc) is 3.03. The molecule has 0 bridgehead atoms. The molecule has 0 aromatic carbocycles. The zero-order valence-corrected chi connectivity index (χ0v) is 12.5. The molecule has 0 saturated heterocycles. The molecular formula is C15H21N3S. The van der Waals surface area contributed by atoms with Crippen molar-refractivity contribution in [1.82, 2.24) is 15.1 Å². The SMILES string of the molecule is CCNC(Cc1cnn(C)c1)c1cc2c(s1)CCC2. The summed E-state index contributed by atoms with van der Waals surface area (Å²) in [4.78, 5) is 3.11. The van der Waals surface area contributed by atoms with E-state index in [2.05, 4.69) is 29.6 Å². The highest BCUT2D eigenvalue weighted by Gasteiger charge is 2.20. The van der Waals surface area contributed by atoms with E-state index in [-0.39, 0.29) is 0 Å². The summed E-state index contributed by atoms with van der Waals surface area (Å²) in [5.41, 5.74) is 2.90. The normalized spacial score (nSPS) is 15.7. The second-order valence-electron chi connectivity index (χ2n) is 5.29. The Morgan fingerprint density at radius 3 is 3.05 bits per heavy atom. The van der Waals surface area contributed by atoms with Crippen LogP contribution in [-0.2, 0) is 26.3 Å². The maximum absolute atomic E-state index is 4.27. The molecule has 0 amide bonds. The molecule has 3 rings (SSSR count). The van der Waals surface area contributed by atoms with Gasteiger partial charge in [0, 0.05) is 29.0 Å². The number of aryl methyl sites for hydroxylation is 3. The van der Waals surface area contributed by atoms with Crippen molar-refractivity contribution in [2.24, 2.45) is 7.05 Å². The predicted octanol–water partition coefficient (Wildman–Crippen LogP) is 2.86. The largest absolute Gasteiger partial charge is 0.309 e. The first-order chi connectivity index (χ1) is 9.26. The van der Waals surface area contributed by atoms with E-state index >= 15 is 0 Å². The fraction of sp³-hybridized carbons (Fsp3) is 0.533. The Morgan fingerprint density at radius 1 is 1.47 bits per heavy atom. The Balaban J connectivity index is 1.79. The highest BCUT2D eigenvalue weighted by atomic mass is 32.1. The van der Waals surface area contributed by atoms with Crippen molar-refractivity contribution in [3.05, 3.63) is 39.3 Å². The summed E-state index contributed by atoms with van der Waals surface area (Å²) >= 11 is 2.01. The molecule has 0 saturated carbocycles. The van der Waals surface area contributed by atoms with Gasteiger partial charge in [0.2, 0.25) is 0 Å². The van der Waals surface area contributed by atoms with Crippen LogP contribution in [0.4, 0.5) is 0 Å². The van der Waals surface area contributed by atoms with Crippen LogP contribution in [0.5, 0.6) is 0 Å². The Bertz CT molecular complexity index is 534. The summed E-state index contributed by atoms with van der Waals surface area (Å²) in [6.45, 7) is 3.19. The fourth-order valence-electron chi connectivity index (χ4n) is 2.86. The lowest BCUT2D eigenvalue weighted by Gasteiger charge is -2.15. The smallest absolute Gasteiger partial charge is 0.0522 e. The number of thiophene rings is 1. The minimum atomic E-state index is 0.435. The van der Waals surface area contributed by atoms with Crippen LogP contribution in [0, 0.1) is 0 Å². The van der Waals surface area contributed by atoms with E-state index in [1.165, 1.54) is 29.7 Å². The quantitative estimate of drug-likeness (QED) is 0.909. The minimum Gasteiger partial charge on any atom is -0.309 e. The van der Waals surface area contributed by atoms with E-state index in [0.29, 0.717) is 6.04 Å². The molecule has 2 aromatic heterocycles. The Kier molecular flexibility index (Phi) is 3.71. The molecule has 1 atom stereocenters. The molecular weight excluding hydrogens is 254 g/mol. The first kappa shape index (κ1) is 12.9. The van der Waals surface area contributed by atoms with Crippen molar-refractivity contribution in [3.8, 4) is 0 Å². The lowest BCUT2D eigenvalue weighted by atomic mass is 10.1. The van der Waals surface area contributed by atoms with Gasteiger partial charge in [0.05, 0.1) is 6.20 Å². The van der Waals surface area contributed by atoms with Crippen molar-refractivity contribution < 1.29 is 0 Å². The number of rotatable bonds is 5. The number of nitrogens with zero attached hydrogens (tertiary/aromatic N) is 2. The highest BCUT2D eigenvalue weighted by Crippen LogP contribution is 2.34. The summed E-state index contributed by atoms with van der Waals surface area (Å²) in [6.07, 6.45) is 9.03. The topological polar surface area (TPSA) is 29.9 Å². The number of fused-ring (bicyclic) bond motifs is 1. The van der Waals surface area contributed by atoms with Crippen LogP contribution in [0.2, 0.25) is 0 Å². The summed E-state index contributed by atoms with van der Waals surface area (Å²) in [5, 5.41) is 7.88. The van der Waals surface area contributed by atoms with Crippen LogP contribution >= 0.6 is 11.3 Å². The van der Waals surface area contributed by atoms with Gasteiger partial charge >= 0.3 is 0 Å². The summed E-state index contributed by atoms with van der Waals surface area (Å²) < 4.78 is 1.88. The van der Waals surface area contributed by atoms with E-state index in [1.54, 1.807) is 10.4 Å². The van der Waals surface area contributed by atoms with Crippen LogP contribution in [0.15, 0.2) is 18.5 Å². The van der Waals surface area contributed by atoms with Gasteiger partial charge in [0.15, 0.2) is 0 Å². The molecule has 2 aromatic rings. The number of likely N-dealkylation sites (N-methyl/N-ethyl adjacent to an activating group) is 1. The van der Waals surface area contributed by atoms with E-state index in [9.17, 15) is 0 Å². The van der Waals surface area contributed by atoms with Crippen LogP contribution < -0.4 is 5.32 Å². The first-order valence-electron chi connectivity index (χ1n) is 7.08. The first-order valence-corrected chi connectivity index (χ1v) is 7.90. The fourth-order valence-corrected chi connectivity index (χ4v) is 4.19. The molecule has 2 heterocycles. The molecule has 1 aliphatic rings. The third-order valence-electron chi connectivity index (χ3n) is 3.76. The second kappa shape index (κ2) is 5.47. The van der Waals surface area contributed by atoms with E-state index in [0.717, 1.165) is 13.0 Å². The van der Waals surface area contributed by atoms with Gasteiger partial charge in [-0.3, -0.25) is 4.68 Å². The van der Waals surface area contributed by atoms with Crippen molar-refractivity contribution in [3.63, 3.8) is 0 Å². The molecule has 0 spiro atoms. The van der Waals surface area contributed by atoms with Crippen molar-refractivity contribution in [2.45, 2.75) is 38.6 Å². The number of nitrogens with one attached hydrogen (secondary N) is 1. The molecule has 0 radical (unpaired) electrons. The number of aromatic nitrogens is 2. The van der Waals surface area contributed by atoms with Crippen LogP contribution in [0.3, 0.4) is 0 Å². The van der Waals surface area contributed by atoms with Crippen molar-refractivity contribution in [2.75, 3.05) is 6.54 Å². The zero-order valence-electron chi connectivity index (χ0n) is 11.6. The van der Waals surface area contributed by atoms with E-state index < -0.39 is 0 Å². The van der Waals surface area contributed by atoms with Gasteiger partial charge in [-0.1, -0.05) is 6.92 Å². The lowest BCUT2D eigenvalue weighted by Crippen LogP contribution is -2.22. The third kappa shape index (κ3) is 2.74. The molecule has 19 heavy (non-hydrogen) atoms. The second-order valence-corrected chi connectivity index (χ2v) is 6.46. The van der Waals surface area contributed by atoms with E-state index in [1.807, 2.05) is 29.3 Å². The summed E-state index contributed by atoms with van der Waals surface area (Å²) in [5.74, 6) is 0. The zero-order chi connectivity index (χ0) is 13.2. The predicted molar refractivity (Wildman–Crippen MR) is 79.7 cm³/mol. The average molecular weight is 275 g/mol. The third-order valence-corrected chi connectivity index (χ3v) is 5.11. The molecule has 0 aliphatic heterocycles. The molecule has 102 valence electrons. The number of hydrogen-bond donors (Lipinski definition) is 1. The Morgan fingerprint density at radius 2 is 2.37 bits per heavy atom. The van der Waals surface area contributed by atoms with Crippen molar-refractivity contribution >= 4 is 11.3 Å². The monoisotopic (exact) mass is 275 g/mol. The molecule has 4 heteroatoms. The van der Waals surface area contributed by atoms with Crippen molar-refractivity contribution in [1.29, 1.82) is 0 Å². The van der Waals surface area contributed by atoms with Gasteiger partial charge < -0.3 is 5.32 Å². The Labute approximate surface area is 118 Å². The highest BCUT2D eigenvalue weighted by molar-refractivity contribution is 7.12. The maximum atomic E-state index is 4.27. The number of hydrogen-bond acceptors (Lipinski definition) is 3. The van der Waals surface area contributed by atoms with Crippen LogP contribution in [-0.4, -0.2) is 16.3 Å². The van der Waals surface area contributed by atoms with Gasteiger partial charge in [-0.2, -0.15) is 5.10 Å². The van der Waals surface area contributed by atoms with E-state index in [4.69, 9.17) is 0 Å². The molecule has 0 fully saturated rings. The van der Waals surface area contributed by atoms with Gasteiger partial charge in [0.1, 0.15) is 0 Å². The maximum Gasteiger partial charge on any atom is 0.0522 e. The minimum absolute atomic E-state index is 0.435. The Hall–Kier alpha value is -1.13. The molecule has 1 N–H and O–H groups in total. The van der Waals surface area contributed by atoms with Crippen LogP contribution in [0.25, 0.3) is 0 Å².